The zero-order valence-electron chi connectivity index (χ0n) is 11.3. The molecule has 20 heavy (non-hydrogen) atoms. The van der Waals surface area contributed by atoms with Gasteiger partial charge in [-0.2, -0.15) is 0 Å². The molecule has 108 valence electrons. The standard InChI is InChI=1S/C15H20N2O2S/c18-14(19)13(11-7-3-1-4-8-11)17-15(20)16-12-9-5-2-6-10-12/h1,3-4,7-8,12-13H,2,5-6,9-10H2,(H,18,19)(H2,16,17,20)/t13-/m1/s1. The van der Waals surface area contributed by atoms with Gasteiger partial charge in [0.25, 0.3) is 0 Å². The lowest BCUT2D eigenvalue weighted by atomic mass is 9.96. The van der Waals surface area contributed by atoms with E-state index in [1.54, 1.807) is 12.1 Å². The third-order valence-corrected chi connectivity index (χ3v) is 3.83. The molecule has 0 spiro atoms. The minimum absolute atomic E-state index is 0.369. The van der Waals surface area contributed by atoms with Gasteiger partial charge in [-0.05, 0) is 30.6 Å². The molecule has 0 unspecified atom stereocenters. The summed E-state index contributed by atoms with van der Waals surface area (Å²) < 4.78 is 0. The van der Waals surface area contributed by atoms with Gasteiger partial charge in [-0.3, -0.25) is 0 Å². The van der Waals surface area contributed by atoms with Crippen LogP contribution in [0.3, 0.4) is 0 Å². The number of carbonyl (C=O) groups is 1. The van der Waals surface area contributed by atoms with Crippen LogP contribution < -0.4 is 10.6 Å². The summed E-state index contributed by atoms with van der Waals surface area (Å²) in [6.45, 7) is 0. The van der Waals surface area contributed by atoms with Crippen LogP contribution in [0.1, 0.15) is 43.7 Å². The molecule has 0 aromatic heterocycles. The normalized spacial score (nSPS) is 17.2. The minimum atomic E-state index is -0.927. The van der Waals surface area contributed by atoms with Crippen LogP contribution in [0.2, 0.25) is 0 Å². The Kier molecular flexibility index (Phi) is 5.35. The van der Waals surface area contributed by atoms with Crippen LogP contribution in [0.25, 0.3) is 0 Å². The van der Waals surface area contributed by atoms with Gasteiger partial charge in [-0.1, -0.05) is 49.6 Å². The van der Waals surface area contributed by atoms with E-state index in [0.29, 0.717) is 16.7 Å². The maximum Gasteiger partial charge on any atom is 0.330 e. The van der Waals surface area contributed by atoms with Crippen molar-refractivity contribution in [3.63, 3.8) is 0 Å². The molecule has 1 atom stereocenters. The number of carboxylic acid groups (broad SMARTS) is 1. The number of hydrogen-bond donors (Lipinski definition) is 3. The number of benzene rings is 1. The Morgan fingerprint density at radius 2 is 1.85 bits per heavy atom. The molecule has 1 aliphatic rings. The first-order valence-corrected chi connectivity index (χ1v) is 7.42. The van der Waals surface area contributed by atoms with Crippen LogP contribution in [0, 0.1) is 0 Å². The molecule has 1 saturated carbocycles. The Morgan fingerprint density at radius 3 is 2.45 bits per heavy atom. The van der Waals surface area contributed by atoms with Crippen molar-refractivity contribution in [3.05, 3.63) is 35.9 Å². The number of nitrogens with one attached hydrogen (secondary N) is 2. The summed E-state index contributed by atoms with van der Waals surface area (Å²) in [6, 6.07) is 8.65. The first-order chi connectivity index (χ1) is 9.66. The lowest BCUT2D eigenvalue weighted by Crippen LogP contribution is -2.45. The van der Waals surface area contributed by atoms with E-state index in [9.17, 15) is 9.90 Å². The Balaban J connectivity index is 1.94. The number of carboxylic acids is 1. The molecule has 0 amide bonds. The van der Waals surface area contributed by atoms with Gasteiger partial charge in [0.15, 0.2) is 11.2 Å². The van der Waals surface area contributed by atoms with E-state index in [2.05, 4.69) is 10.6 Å². The summed E-state index contributed by atoms with van der Waals surface area (Å²) >= 11 is 5.24. The fourth-order valence-electron chi connectivity index (χ4n) is 2.54. The molecule has 0 saturated heterocycles. The third-order valence-electron chi connectivity index (χ3n) is 3.60. The minimum Gasteiger partial charge on any atom is -0.479 e. The van der Waals surface area contributed by atoms with Crippen LogP contribution >= 0.6 is 12.2 Å². The van der Waals surface area contributed by atoms with Gasteiger partial charge in [0.1, 0.15) is 0 Å². The van der Waals surface area contributed by atoms with E-state index in [1.165, 1.54) is 19.3 Å². The monoisotopic (exact) mass is 292 g/mol. The molecule has 4 nitrogen and oxygen atoms in total. The summed E-state index contributed by atoms with van der Waals surface area (Å²) in [7, 11) is 0. The molecule has 0 bridgehead atoms. The zero-order chi connectivity index (χ0) is 14.4. The summed E-state index contributed by atoms with van der Waals surface area (Å²) in [4.78, 5) is 11.4. The van der Waals surface area contributed by atoms with Crippen LogP contribution in [-0.2, 0) is 4.79 Å². The second kappa shape index (κ2) is 7.24. The third kappa shape index (κ3) is 4.20. The van der Waals surface area contributed by atoms with Crippen molar-refractivity contribution in [3.8, 4) is 0 Å². The fourth-order valence-corrected chi connectivity index (χ4v) is 2.82. The van der Waals surface area contributed by atoms with E-state index < -0.39 is 12.0 Å². The molecule has 3 N–H and O–H groups in total. The molecule has 2 rings (SSSR count). The average molecular weight is 292 g/mol. The molecule has 1 aliphatic carbocycles. The first kappa shape index (κ1) is 14.8. The quantitative estimate of drug-likeness (QED) is 0.745. The van der Waals surface area contributed by atoms with Gasteiger partial charge < -0.3 is 15.7 Å². The van der Waals surface area contributed by atoms with Crippen LogP contribution in [0.4, 0.5) is 0 Å². The van der Waals surface area contributed by atoms with Gasteiger partial charge >= 0.3 is 5.97 Å². The Labute approximate surface area is 124 Å². The SMILES string of the molecule is O=C(O)[C@H](NC(=S)NC1CCCCC1)c1ccccc1. The van der Waals surface area contributed by atoms with Crippen LogP contribution in [0.5, 0.6) is 0 Å². The van der Waals surface area contributed by atoms with Crippen molar-refractivity contribution in [2.75, 3.05) is 0 Å². The summed E-state index contributed by atoms with van der Waals surface area (Å²) in [5.41, 5.74) is 0.702. The molecule has 0 aliphatic heterocycles. The van der Waals surface area contributed by atoms with Crippen molar-refractivity contribution < 1.29 is 9.90 Å². The number of hydrogen-bond acceptors (Lipinski definition) is 2. The van der Waals surface area contributed by atoms with E-state index in [4.69, 9.17) is 12.2 Å². The van der Waals surface area contributed by atoms with Crippen molar-refractivity contribution in [2.24, 2.45) is 0 Å². The van der Waals surface area contributed by atoms with Gasteiger partial charge in [-0.15, -0.1) is 0 Å². The van der Waals surface area contributed by atoms with E-state index in [1.807, 2.05) is 18.2 Å². The highest BCUT2D eigenvalue weighted by molar-refractivity contribution is 7.80. The highest BCUT2D eigenvalue weighted by atomic mass is 32.1. The number of thiocarbonyl (C=S) groups is 1. The summed E-state index contributed by atoms with van der Waals surface area (Å²) in [5.74, 6) is -0.927. The molecular formula is C15H20N2O2S. The van der Waals surface area contributed by atoms with Crippen LogP contribution in [-0.4, -0.2) is 22.2 Å². The van der Waals surface area contributed by atoms with Gasteiger partial charge in [0.2, 0.25) is 0 Å². The van der Waals surface area contributed by atoms with Crippen molar-refractivity contribution in [2.45, 2.75) is 44.2 Å². The smallest absolute Gasteiger partial charge is 0.330 e. The zero-order valence-corrected chi connectivity index (χ0v) is 12.2. The Bertz CT molecular complexity index is 458. The van der Waals surface area contributed by atoms with Gasteiger partial charge in [0.05, 0.1) is 0 Å². The summed E-state index contributed by atoms with van der Waals surface area (Å²) in [5, 5.41) is 15.9. The average Bonchev–Trinajstić information content (AvgIpc) is 2.46. The van der Waals surface area contributed by atoms with Crippen molar-refractivity contribution in [1.29, 1.82) is 0 Å². The van der Waals surface area contributed by atoms with Crippen molar-refractivity contribution >= 4 is 23.3 Å². The first-order valence-electron chi connectivity index (χ1n) is 7.01. The molecule has 1 aromatic carbocycles. The van der Waals surface area contributed by atoms with Gasteiger partial charge in [-0.25, -0.2) is 4.79 Å². The largest absolute Gasteiger partial charge is 0.479 e. The molecule has 1 aromatic rings. The van der Waals surface area contributed by atoms with E-state index >= 15 is 0 Å². The van der Waals surface area contributed by atoms with E-state index in [0.717, 1.165) is 12.8 Å². The maximum atomic E-state index is 11.4. The highest BCUT2D eigenvalue weighted by Crippen LogP contribution is 2.18. The second-order valence-corrected chi connectivity index (χ2v) is 5.54. The fraction of sp³-hybridized carbons (Fsp3) is 0.467. The van der Waals surface area contributed by atoms with Crippen molar-refractivity contribution in [1.82, 2.24) is 10.6 Å². The highest BCUT2D eigenvalue weighted by Gasteiger charge is 2.21. The number of aliphatic carboxylic acids is 1. The molecule has 1 fully saturated rings. The molecular weight excluding hydrogens is 272 g/mol. The number of rotatable bonds is 4. The maximum absolute atomic E-state index is 11.4. The van der Waals surface area contributed by atoms with Gasteiger partial charge in [0, 0.05) is 6.04 Å². The van der Waals surface area contributed by atoms with E-state index in [-0.39, 0.29) is 0 Å². The molecule has 5 heteroatoms. The van der Waals surface area contributed by atoms with Crippen LogP contribution in [0.15, 0.2) is 30.3 Å². The Hall–Kier alpha value is -1.62. The molecule has 0 heterocycles. The summed E-state index contributed by atoms with van der Waals surface area (Å²) in [6.07, 6.45) is 5.90. The molecule has 0 radical (unpaired) electrons. The lowest BCUT2D eigenvalue weighted by Gasteiger charge is -2.26. The predicted octanol–water partition coefficient (Wildman–Crippen LogP) is 2.61. The second-order valence-electron chi connectivity index (χ2n) is 5.13. The lowest BCUT2D eigenvalue weighted by molar-refractivity contribution is -0.139. The predicted molar refractivity (Wildman–Crippen MR) is 82.6 cm³/mol. The topological polar surface area (TPSA) is 61.4 Å². The Morgan fingerprint density at radius 1 is 1.20 bits per heavy atom.